The van der Waals surface area contributed by atoms with E-state index in [0.29, 0.717) is 50.4 Å². The van der Waals surface area contributed by atoms with Crippen molar-refractivity contribution in [2.45, 2.75) is 12.5 Å². The minimum absolute atomic E-state index is 0.239. The van der Waals surface area contributed by atoms with Crippen LogP contribution in [0.5, 0.6) is 0 Å². The third kappa shape index (κ3) is 3.40. The van der Waals surface area contributed by atoms with E-state index < -0.39 is 6.55 Å². The molecule has 5 heterocycles. The number of hydrogen-bond acceptors (Lipinski definition) is 8. The van der Waals surface area contributed by atoms with Crippen molar-refractivity contribution in [3.63, 3.8) is 0 Å². The van der Waals surface area contributed by atoms with Crippen molar-refractivity contribution >= 4 is 51.0 Å². The summed E-state index contributed by atoms with van der Waals surface area (Å²) in [6, 6.07) is 5.39. The van der Waals surface area contributed by atoms with Gasteiger partial charge in [0.15, 0.2) is 0 Å². The lowest BCUT2D eigenvalue weighted by molar-refractivity contribution is 0.0574. The van der Waals surface area contributed by atoms with Gasteiger partial charge in [-0.15, -0.1) is 0 Å². The molecule has 0 aliphatic carbocycles. The molecule has 0 bridgehead atoms. The second kappa shape index (κ2) is 8.22. The number of benzene rings is 1. The second-order valence-electron chi connectivity index (χ2n) is 8.18. The molecule has 174 valence electrons. The maximum Gasteiger partial charge on any atom is 0.333 e. The molecular formula is C21H18ClF2N9S. The number of H-pyrrole nitrogens is 1. The van der Waals surface area contributed by atoms with Gasteiger partial charge in [-0.1, -0.05) is 11.6 Å². The molecule has 6 rings (SSSR count). The Bertz CT molecular complexity index is 1480. The fourth-order valence-electron chi connectivity index (χ4n) is 4.54. The van der Waals surface area contributed by atoms with Crippen LogP contribution >= 0.6 is 23.1 Å². The quantitative estimate of drug-likeness (QED) is 0.373. The van der Waals surface area contributed by atoms with Gasteiger partial charge in [0.25, 0.3) is 0 Å². The van der Waals surface area contributed by atoms with Gasteiger partial charge in [-0.25, -0.2) is 14.6 Å². The number of nitrogens with one attached hydrogen (secondary N) is 1. The van der Waals surface area contributed by atoms with Crippen molar-refractivity contribution in [3.05, 3.63) is 46.7 Å². The first kappa shape index (κ1) is 21.3. The maximum absolute atomic E-state index is 13.0. The Kier molecular flexibility index (Phi) is 5.15. The molecule has 1 aromatic carbocycles. The van der Waals surface area contributed by atoms with E-state index in [1.165, 1.54) is 17.7 Å². The van der Waals surface area contributed by atoms with Gasteiger partial charge in [0.05, 0.1) is 28.1 Å². The predicted molar refractivity (Wildman–Crippen MR) is 126 cm³/mol. The van der Waals surface area contributed by atoms with E-state index in [2.05, 4.69) is 29.6 Å². The van der Waals surface area contributed by atoms with Crippen LogP contribution in [-0.2, 0) is 0 Å². The van der Waals surface area contributed by atoms with E-state index in [1.807, 2.05) is 11.4 Å². The number of aromatic amines is 1. The molecule has 4 aromatic heterocycles. The van der Waals surface area contributed by atoms with E-state index in [1.54, 1.807) is 18.3 Å². The summed E-state index contributed by atoms with van der Waals surface area (Å²) in [5.74, 6) is 1.22. The minimum atomic E-state index is -2.75. The van der Waals surface area contributed by atoms with Crippen molar-refractivity contribution in [3.8, 4) is 11.3 Å². The highest BCUT2D eigenvalue weighted by atomic mass is 35.5. The zero-order valence-electron chi connectivity index (χ0n) is 17.6. The Morgan fingerprint density at radius 2 is 2.15 bits per heavy atom. The van der Waals surface area contributed by atoms with Gasteiger partial charge in [-0.2, -0.15) is 23.4 Å². The lowest BCUT2D eigenvalue weighted by Gasteiger charge is -2.16. The fraction of sp³-hybridized carbons (Fsp3) is 0.286. The Balaban J connectivity index is 1.34. The maximum atomic E-state index is 13.0. The number of halogens is 3. The average molecular weight is 502 g/mol. The Hall–Kier alpha value is -3.22. The summed E-state index contributed by atoms with van der Waals surface area (Å²) >= 11 is 8.00. The van der Waals surface area contributed by atoms with Crippen molar-refractivity contribution < 1.29 is 8.78 Å². The van der Waals surface area contributed by atoms with Gasteiger partial charge in [0, 0.05) is 41.5 Å². The predicted octanol–water partition coefficient (Wildman–Crippen LogP) is 4.05. The monoisotopic (exact) mass is 501 g/mol. The first-order chi connectivity index (χ1) is 16.5. The standard InChI is InChI=1S/C21H18ClF2N9S/c22-17-11(1-2-14-13(17)9-33(30-14)21(23)24)18-19-20(29-28-18)27-16(6-26-19)32-7-10(5-25)12(8-32)15-3-4-34-31-15/h1-4,6,9-10,12,21H,5,7-8,25H2,(H,27,28,29)/t10-,12?/m1/s1. The molecular weight excluding hydrogens is 484 g/mol. The molecule has 1 aliphatic heterocycles. The topological polar surface area (TPSA) is 114 Å². The number of nitrogens with two attached hydrogens (primary N) is 1. The van der Waals surface area contributed by atoms with Crippen LogP contribution in [0.3, 0.4) is 0 Å². The van der Waals surface area contributed by atoms with Crippen molar-refractivity contribution in [1.82, 2.24) is 34.3 Å². The van der Waals surface area contributed by atoms with Gasteiger partial charge in [-0.3, -0.25) is 5.10 Å². The first-order valence-corrected chi connectivity index (χ1v) is 11.8. The van der Waals surface area contributed by atoms with Gasteiger partial charge in [0.1, 0.15) is 11.3 Å². The zero-order valence-corrected chi connectivity index (χ0v) is 19.1. The third-order valence-corrected chi connectivity index (χ3v) is 7.25. The van der Waals surface area contributed by atoms with Gasteiger partial charge in [-0.05, 0) is 42.2 Å². The molecule has 0 saturated carbocycles. The molecule has 2 atom stereocenters. The van der Waals surface area contributed by atoms with E-state index >= 15 is 0 Å². The number of hydrogen-bond donors (Lipinski definition) is 2. The number of nitrogens with zero attached hydrogens (tertiary/aromatic N) is 7. The third-order valence-electron chi connectivity index (χ3n) is 6.27. The molecule has 1 aliphatic rings. The van der Waals surface area contributed by atoms with Crippen molar-refractivity contribution in [2.75, 3.05) is 24.5 Å². The highest BCUT2D eigenvalue weighted by molar-refractivity contribution is 7.03. The van der Waals surface area contributed by atoms with E-state index in [4.69, 9.17) is 22.3 Å². The van der Waals surface area contributed by atoms with Gasteiger partial charge in [0.2, 0.25) is 5.65 Å². The molecule has 1 unspecified atom stereocenters. The van der Waals surface area contributed by atoms with Crippen LogP contribution < -0.4 is 10.6 Å². The smallest absolute Gasteiger partial charge is 0.333 e. The summed E-state index contributed by atoms with van der Waals surface area (Å²) in [6.45, 7) is -0.681. The largest absolute Gasteiger partial charge is 0.354 e. The molecule has 5 aromatic rings. The zero-order chi connectivity index (χ0) is 23.4. The normalized spacial score (nSPS) is 18.7. The van der Waals surface area contributed by atoms with Crippen LogP contribution in [0.4, 0.5) is 14.6 Å². The van der Waals surface area contributed by atoms with Crippen molar-refractivity contribution in [1.29, 1.82) is 0 Å². The van der Waals surface area contributed by atoms with E-state index in [-0.39, 0.29) is 16.9 Å². The summed E-state index contributed by atoms with van der Waals surface area (Å²) in [6.07, 6.45) is 2.94. The molecule has 0 radical (unpaired) electrons. The molecule has 0 amide bonds. The number of alkyl halides is 2. The summed E-state index contributed by atoms with van der Waals surface area (Å²) in [5.41, 5.74) is 9.59. The Morgan fingerprint density at radius 3 is 2.91 bits per heavy atom. The summed E-state index contributed by atoms with van der Waals surface area (Å²) in [5, 5.41) is 13.8. The first-order valence-electron chi connectivity index (χ1n) is 10.6. The SMILES string of the molecule is NC[C@@H]1CN(c2cnc3c(-c4ccc5nn(C(F)F)cc5c4Cl)[nH]nc3n2)CC1c1ccsn1. The number of rotatable bonds is 5. The Labute approximate surface area is 200 Å². The summed E-state index contributed by atoms with van der Waals surface area (Å²) in [7, 11) is 0. The molecule has 1 fully saturated rings. The summed E-state index contributed by atoms with van der Waals surface area (Å²) < 4.78 is 31.2. The molecule has 1 saturated heterocycles. The van der Waals surface area contributed by atoms with Crippen LogP contribution in [0.15, 0.2) is 36.0 Å². The highest BCUT2D eigenvalue weighted by Crippen LogP contribution is 2.37. The summed E-state index contributed by atoms with van der Waals surface area (Å²) in [4.78, 5) is 11.5. The van der Waals surface area contributed by atoms with E-state index in [0.717, 1.165) is 18.8 Å². The number of anilines is 1. The van der Waals surface area contributed by atoms with Crippen LogP contribution in [0.1, 0.15) is 18.2 Å². The lowest BCUT2D eigenvalue weighted by Crippen LogP contribution is -2.23. The molecule has 3 N–H and O–H groups in total. The fourth-order valence-corrected chi connectivity index (χ4v) is 5.43. The van der Waals surface area contributed by atoms with Crippen LogP contribution in [0.25, 0.3) is 33.3 Å². The molecule has 9 nitrogen and oxygen atoms in total. The second-order valence-corrected chi connectivity index (χ2v) is 9.22. The average Bonchev–Trinajstić information content (AvgIpc) is 3.63. The van der Waals surface area contributed by atoms with Crippen LogP contribution in [0, 0.1) is 5.92 Å². The van der Waals surface area contributed by atoms with Crippen molar-refractivity contribution in [2.24, 2.45) is 11.7 Å². The van der Waals surface area contributed by atoms with E-state index in [9.17, 15) is 8.78 Å². The highest BCUT2D eigenvalue weighted by Gasteiger charge is 2.35. The minimum Gasteiger partial charge on any atom is -0.354 e. The Morgan fingerprint density at radius 1 is 1.26 bits per heavy atom. The number of fused-ring (bicyclic) bond motifs is 2. The van der Waals surface area contributed by atoms with Gasteiger partial charge < -0.3 is 10.6 Å². The molecule has 0 spiro atoms. The molecule has 13 heteroatoms. The number of aromatic nitrogens is 7. The van der Waals surface area contributed by atoms with Gasteiger partial charge >= 0.3 is 6.55 Å². The van der Waals surface area contributed by atoms with Crippen LogP contribution in [-0.4, -0.2) is 54.0 Å². The molecule has 34 heavy (non-hydrogen) atoms. The lowest BCUT2D eigenvalue weighted by atomic mass is 9.93. The van der Waals surface area contributed by atoms with Crippen LogP contribution in [0.2, 0.25) is 5.02 Å².